The molecule has 2 fully saturated rings. The molecule has 1 N–H and O–H groups in total. The number of benzene rings is 1. The second kappa shape index (κ2) is 10.4. The van der Waals surface area contributed by atoms with Gasteiger partial charge in [-0.3, -0.25) is 9.59 Å². The summed E-state index contributed by atoms with van der Waals surface area (Å²) in [4.78, 5) is 30.1. The molecule has 29 heavy (non-hydrogen) atoms. The molecule has 0 radical (unpaired) electrons. The Kier molecular flexibility index (Phi) is 7.84. The van der Waals surface area contributed by atoms with Crippen molar-refractivity contribution in [2.24, 2.45) is 11.8 Å². The lowest BCUT2D eigenvalue weighted by atomic mass is 9.95. The van der Waals surface area contributed by atoms with Gasteiger partial charge in [-0.05, 0) is 57.7 Å². The van der Waals surface area contributed by atoms with Crippen LogP contribution in [-0.2, 0) is 16.0 Å². The highest BCUT2D eigenvalue weighted by molar-refractivity contribution is 5.89. The molecule has 160 valence electrons. The predicted molar refractivity (Wildman–Crippen MR) is 117 cm³/mol. The second-order valence-corrected chi connectivity index (χ2v) is 8.91. The zero-order valence-corrected chi connectivity index (χ0v) is 18.3. The zero-order chi connectivity index (χ0) is 20.8. The lowest BCUT2D eigenvalue weighted by Crippen LogP contribution is -2.47. The third-order valence-electron chi connectivity index (χ3n) is 6.87. The summed E-state index contributed by atoms with van der Waals surface area (Å²) in [7, 11) is 1.79. The summed E-state index contributed by atoms with van der Waals surface area (Å²) in [6.07, 6.45) is 4.91. The number of Topliss-reactive ketones (excluding diaryl/α,β-unsaturated/α-hetero) is 1. The van der Waals surface area contributed by atoms with Crippen molar-refractivity contribution < 1.29 is 9.59 Å². The van der Waals surface area contributed by atoms with Gasteiger partial charge in [-0.1, -0.05) is 37.3 Å². The minimum atomic E-state index is -0.238. The number of nitrogens with one attached hydrogen (secondary N) is 1. The molecule has 1 amide bonds. The number of nitrogens with zero attached hydrogens (tertiary/aromatic N) is 2. The number of hydrogen-bond donors (Lipinski definition) is 1. The minimum absolute atomic E-state index is 0.120. The standard InChI is InChI=1S/C24H37N3O2/c1-18(16-23(28)19(2)25-3)24(29)27-15-12-21-10-7-13-26(17-22(21)27)14-11-20-8-5-4-6-9-20/h4-6,8-9,18-19,21-22,25H,7,10-17H2,1-3H3/t18-,19+,21-,22-/m1/s1. The number of likely N-dealkylation sites (N-methyl/N-ethyl adjacent to an activating group) is 1. The van der Waals surface area contributed by atoms with Crippen LogP contribution < -0.4 is 5.32 Å². The Morgan fingerprint density at radius 1 is 1.14 bits per heavy atom. The van der Waals surface area contributed by atoms with Crippen LogP contribution in [0.15, 0.2) is 30.3 Å². The molecule has 1 aromatic carbocycles. The normalized spacial score (nSPS) is 24.6. The third kappa shape index (κ3) is 5.67. The highest BCUT2D eigenvalue weighted by Gasteiger charge is 2.40. The van der Waals surface area contributed by atoms with E-state index in [1.807, 2.05) is 13.8 Å². The van der Waals surface area contributed by atoms with Crippen molar-refractivity contribution in [1.29, 1.82) is 0 Å². The van der Waals surface area contributed by atoms with E-state index in [-0.39, 0.29) is 23.7 Å². The van der Waals surface area contributed by atoms with Gasteiger partial charge in [0, 0.05) is 38.0 Å². The fraction of sp³-hybridized carbons (Fsp3) is 0.667. The fourth-order valence-electron chi connectivity index (χ4n) is 4.85. The van der Waals surface area contributed by atoms with Crippen LogP contribution in [0.3, 0.4) is 0 Å². The number of hydrogen-bond acceptors (Lipinski definition) is 4. The van der Waals surface area contributed by atoms with Gasteiger partial charge in [-0.2, -0.15) is 0 Å². The van der Waals surface area contributed by atoms with Crippen LogP contribution >= 0.6 is 0 Å². The molecular weight excluding hydrogens is 362 g/mol. The molecule has 0 spiro atoms. The van der Waals surface area contributed by atoms with Crippen LogP contribution in [0.1, 0.15) is 45.1 Å². The number of likely N-dealkylation sites (tertiary alicyclic amines) is 2. The first kappa shape index (κ1) is 22.0. The van der Waals surface area contributed by atoms with E-state index in [2.05, 4.69) is 45.4 Å². The molecule has 0 saturated carbocycles. The molecule has 0 aliphatic carbocycles. The Morgan fingerprint density at radius 2 is 1.90 bits per heavy atom. The smallest absolute Gasteiger partial charge is 0.226 e. The Labute approximate surface area is 175 Å². The van der Waals surface area contributed by atoms with E-state index in [1.54, 1.807) is 7.05 Å². The zero-order valence-electron chi connectivity index (χ0n) is 18.3. The summed E-state index contributed by atoms with van der Waals surface area (Å²) >= 11 is 0. The Balaban J connectivity index is 1.59. The molecule has 4 atom stereocenters. The summed E-state index contributed by atoms with van der Waals surface area (Å²) in [5.74, 6) is 0.659. The maximum absolute atomic E-state index is 13.2. The molecule has 2 aliphatic rings. The van der Waals surface area contributed by atoms with E-state index in [0.29, 0.717) is 18.4 Å². The van der Waals surface area contributed by atoms with Gasteiger partial charge in [0.15, 0.2) is 0 Å². The van der Waals surface area contributed by atoms with Crippen LogP contribution in [-0.4, -0.2) is 66.8 Å². The predicted octanol–water partition coefficient (Wildman–Crippen LogP) is 2.75. The van der Waals surface area contributed by atoms with Crippen molar-refractivity contribution in [3.05, 3.63) is 35.9 Å². The first-order valence-corrected chi connectivity index (χ1v) is 11.3. The molecule has 2 aliphatic heterocycles. The molecule has 2 saturated heterocycles. The van der Waals surface area contributed by atoms with E-state index in [0.717, 1.165) is 39.0 Å². The van der Waals surface area contributed by atoms with Gasteiger partial charge in [0.05, 0.1) is 6.04 Å². The fourth-order valence-corrected chi connectivity index (χ4v) is 4.85. The number of fused-ring (bicyclic) bond motifs is 1. The monoisotopic (exact) mass is 399 g/mol. The lowest BCUT2D eigenvalue weighted by molar-refractivity contribution is -0.139. The molecule has 0 unspecified atom stereocenters. The summed E-state index contributed by atoms with van der Waals surface area (Å²) < 4.78 is 0. The first-order chi connectivity index (χ1) is 14.0. The topological polar surface area (TPSA) is 52.7 Å². The SMILES string of the molecule is CN[C@@H](C)C(=O)C[C@@H](C)C(=O)N1CC[C@H]2CCCN(CCc3ccccc3)C[C@H]21. The van der Waals surface area contributed by atoms with Crippen LogP contribution in [0.25, 0.3) is 0 Å². The van der Waals surface area contributed by atoms with E-state index in [9.17, 15) is 9.59 Å². The van der Waals surface area contributed by atoms with Gasteiger partial charge in [0.2, 0.25) is 5.91 Å². The average Bonchev–Trinajstić information content (AvgIpc) is 3.02. The van der Waals surface area contributed by atoms with Crippen LogP contribution in [0.5, 0.6) is 0 Å². The van der Waals surface area contributed by atoms with Crippen LogP contribution in [0.2, 0.25) is 0 Å². The van der Waals surface area contributed by atoms with Crippen molar-refractivity contribution in [3.8, 4) is 0 Å². The van der Waals surface area contributed by atoms with Crippen molar-refractivity contribution in [2.45, 2.75) is 58.0 Å². The molecule has 5 heteroatoms. The Morgan fingerprint density at radius 3 is 2.62 bits per heavy atom. The van der Waals surface area contributed by atoms with Crippen molar-refractivity contribution in [3.63, 3.8) is 0 Å². The maximum atomic E-state index is 13.2. The number of carbonyl (C=O) groups is 2. The first-order valence-electron chi connectivity index (χ1n) is 11.3. The van der Waals surface area contributed by atoms with E-state index in [1.165, 1.54) is 18.4 Å². The summed E-state index contributed by atoms with van der Waals surface area (Å²) in [6, 6.07) is 10.8. The quantitative estimate of drug-likeness (QED) is 0.730. The Bertz CT molecular complexity index is 678. The molecule has 2 heterocycles. The molecular formula is C24H37N3O2. The van der Waals surface area contributed by atoms with Crippen LogP contribution in [0.4, 0.5) is 0 Å². The van der Waals surface area contributed by atoms with Crippen LogP contribution in [0, 0.1) is 11.8 Å². The summed E-state index contributed by atoms with van der Waals surface area (Å²) in [5, 5.41) is 2.98. The highest BCUT2D eigenvalue weighted by atomic mass is 16.2. The number of ketones is 1. The van der Waals surface area contributed by atoms with Gasteiger partial charge in [0.25, 0.3) is 0 Å². The molecule has 5 nitrogen and oxygen atoms in total. The summed E-state index contributed by atoms with van der Waals surface area (Å²) in [6.45, 7) is 7.76. The lowest BCUT2D eigenvalue weighted by Gasteiger charge is -2.32. The van der Waals surface area contributed by atoms with Gasteiger partial charge in [-0.25, -0.2) is 0 Å². The van der Waals surface area contributed by atoms with Crippen molar-refractivity contribution in [1.82, 2.24) is 15.1 Å². The van der Waals surface area contributed by atoms with Gasteiger partial charge >= 0.3 is 0 Å². The number of amides is 1. The minimum Gasteiger partial charge on any atom is -0.338 e. The summed E-state index contributed by atoms with van der Waals surface area (Å²) in [5.41, 5.74) is 1.37. The van der Waals surface area contributed by atoms with Gasteiger partial charge in [0.1, 0.15) is 5.78 Å². The largest absolute Gasteiger partial charge is 0.338 e. The van der Waals surface area contributed by atoms with E-state index < -0.39 is 0 Å². The average molecular weight is 400 g/mol. The van der Waals surface area contributed by atoms with Gasteiger partial charge < -0.3 is 15.1 Å². The Hall–Kier alpha value is -1.72. The van der Waals surface area contributed by atoms with E-state index >= 15 is 0 Å². The number of rotatable bonds is 8. The van der Waals surface area contributed by atoms with Gasteiger partial charge in [-0.15, -0.1) is 0 Å². The highest BCUT2D eigenvalue weighted by Crippen LogP contribution is 2.33. The van der Waals surface area contributed by atoms with Crippen molar-refractivity contribution >= 4 is 11.7 Å². The second-order valence-electron chi connectivity index (χ2n) is 8.91. The third-order valence-corrected chi connectivity index (χ3v) is 6.87. The maximum Gasteiger partial charge on any atom is 0.226 e. The molecule has 1 aromatic rings. The molecule has 3 rings (SSSR count). The number of carbonyl (C=O) groups excluding carboxylic acids is 2. The van der Waals surface area contributed by atoms with E-state index in [4.69, 9.17) is 0 Å². The molecule has 0 aromatic heterocycles. The molecule has 0 bridgehead atoms. The van der Waals surface area contributed by atoms with Crippen molar-refractivity contribution in [2.75, 3.05) is 33.2 Å².